The summed E-state index contributed by atoms with van der Waals surface area (Å²) in [4.78, 5) is 0. The predicted molar refractivity (Wildman–Crippen MR) is 67.5 cm³/mol. The monoisotopic (exact) mass is 243 g/mol. The summed E-state index contributed by atoms with van der Waals surface area (Å²) in [5, 5.41) is 3.63. The lowest BCUT2D eigenvalue weighted by Gasteiger charge is -2.08. The molecular formula is C13H19ClFN. The Balaban J connectivity index is 2.29. The van der Waals surface area contributed by atoms with Gasteiger partial charge >= 0.3 is 0 Å². The summed E-state index contributed by atoms with van der Waals surface area (Å²) in [6.07, 6.45) is 2.96. The minimum Gasteiger partial charge on any atom is -0.315 e. The van der Waals surface area contributed by atoms with Crippen molar-refractivity contribution in [1.29, 1.82) is 0 Å². The van der Waals surface area contributed by atoms with Crippen LogP contribution in [0.15, 0.2) is 18.2 Å². The molecule has 0 saturated heterocycles. The van der Waals surface area contributed by atoms with Gasteiger partial charge < -0.3 is 5.32 Å². The fourth-order valence-electron chi connectivity index (χ4n) is 1.57. The molecule has 1 N–H and O–H groups in total. The number of nitrogens with one attached hydrogen (secondary N) is 1. The van der Waals surface area contributed by atoms with Crippen LogP contribution in [0.2, 0.25) is 5.02 Å². The normalized spacial score (nSPS) is 11.1. The number of rotatable bonds is 6. The van der Waals surface area contributed by atoms with Gasteiger partial charge in [-0.05, 0) is 37.4 Å². The van der Waals surface area contributed by atoms with Crippen molar-refractivity contribution >= 4 is 11.6 Å². The molecule has 0 spiro atoms. The van der Waals surface area contributed by atoms with Crippen LogP contribution in [0.25, 0.3) is 0 Å². The number of benzene rings is 1. The van der Waals surface area contributed by atoms with Gasteiger partial charge in [-0.1, -0.05) is 37.6 Å². The van der Waals surface area contributed by atoms with E-state index in [0.717, 1.165) is 31.4 Å². The van der Waals surface area contributed by atoms with Crippen molar-refractivity contribution in [2.45, 2.75) is 39.2 Å². The van der Waals surface area contributed by atoms with Crippen LogP contribution in [0.5, 0.6) is 0 Å². The van der Waals surface area contributed by atoms with Gasteiger partial charge in [0.15, 0.2) is 0 Å². The Hall–Kier alpha value is -0.600. The van der Waals surface area contributed by atoms with Gasteiger partial charge in [0.25, 0.3) is 0 Å². The second-order valence-corrected chi connectivity index (χ2v) is 4.66. The zero-order valence-corrected chi connectivity index (χ0v) is 10.6. The van der Waals surface area contributed by atoms with Crippen molar-refractivity contribution in [3.63, 3.8) is 0 Å². The lowest BCUT2D eigenvalue weighted by Crippen LogP contribution is -2.23. The zero-order valence-electron chi connectivity index (χ0n) is 9.89. The zero-order chi connectivity index (χ0) is 12.0. The van der Waals surface area contributed by atoms with E-state index in [0.29, 0.717) is 6.04 Å². The van der Waals surface area contributed by atoms with Crippen molar-refractivity contribution in [2.75, 3.05) is 6.54 Å². The highest BCUT2D eigenvalue weighted by Crippen LogP contribution is 2.21. The molecule has 0 aliphatic rings. The lowest BCUT2D eigenvalue weighted by molar-refractivity contribution is 0.557. The van der Waals surface area contributed by atoms with Crippen molar-refractivity contribution < 1.29 is 4.39 Å². The Labute approximate surface area is 102 Å². The molecule has 0 atom stereocenters. The highest BCUT2D eigenvalue weighted by atomic mass is 35.5. The maximum Gasteiger partial charge on any atom is 0.142 e. The number of hydrogen-bond donors (Lipinski definition) is 1. The van der Waals surface area contributed by atoms with E-state index in [1.165, 1.54) is 6.07 Å². The van der Waals surface area contributed by atoms with Crippen LogP contribution in [-0.4, -0.2) is 12.6 Å². The third-order valence-corrected chi connectivity index (χ3v) is 2.88. The Kier molecular flexibility index (Phi) is 5.78. The van der Waals surface area contributed by atoms with Crippen LogP contribution in [0.1, 0.15) is 32.3 Å². The lowest BCUT2D eigenvalue weighted by atomic mass is 10.1. The topological polar surface area (TPSA) is 12.0 Å². The molecule has 0 saturated carbocycles. The van der Waals surface area contributed by atoms with E-state index in [4.69, 9.17) is 11.6 Å². The Morgan fingerprint density at radius 2 is 2.06 bits per heavy atom. The minimum atomic E-state index is -0.320. The molecule has 0 radical (unpaired) electrons. The highest BCUT2D eigenvalue weighted by Gasteiger charge is 2.04. The van der Waals surface area contributed by atoms with Crippen LogP contribution in [-0.2, 0) is 6.42 Å². The number of halogens is 2. The Bertz CT molecular complexity index is 326. The molecule has 1 aromatic carbocycles. The van der Waals surface area contributed by atoms with Gasteiger partial charge in [0.05, 0.1) is 5.02 Å². The molecule has 16 heavy (non-hydrogen) atoms. The van der Waals surface area contributed by atoms with Gasteiger partial charge in [-0.25, -0.2) is 4.39 Å². The summed E-state index contributed by atoms with van der Waals surface area (Å²) in [6.45, 7) is 5.26. The van der Waals surface area contributed by atoms with E-state index < -0.39 is 0 Å². The predicted octanol–water partition coefficient (Wildman–Crippen LogP) is 3.80. The Morgan fingerprint density at radius 1 is 1.31 bits per heavy atom. The smallest absolute Gasteiger partial charge is 0.142 e. The van der Waals surface area contributed by atoms with Crippen LogP contribution in [0, 0.1) is 5.82 Å². The summed E-state index contributed by atoms with van der Waals surface area (Å²) in [7, 11) is 0. The summed E-state index contributed by atoms with van der Waals surface area (Å²) in [5.41, 5.74) is 0.909. The van der Waals surface area contributed by atoms with Crippen LogP contribution >= 0.6 is 11.6 Å². The van der Waals surface area contributed by atoms with Gasteiger partial charge in [-0.2, -0.15) is 0 Å². The largest absolute Gasteiger partial charge is 0.315 e. The van der Waals surface area contributed by atoms with E-state index in [9.17, 15) is 4.39 Å². The molecule has 0 aliphatic carbocycles. The molecule has 0 amide bonds. The molecule has 0 bridgehead atoms. The molecule has 0 aliphatic heterocycles. The van der Waals surface area contributed by atoms with Crippen LogP contribution in [0.3, 0.4) is 0 Å². The fourth-order valence-corrected chi connectivity index (χ4v) is 1.79. The minimum absolute atomic E-state index is 0.277. The first kappa shape index (κ1) is 13.5. The Morgan fingerprint density at radius 3 is 2.75 bits per heavy atom. The molecule has 0 heterocycles. The maximum absolute atomic E-state index is 13.1. The van der Waals surface area contributed by atoms with Crippen LogP contribution < -0.4 is 5.32 Å². The summed E-state index contributed by atoms with van der Waals surface area (Å²) < 4.78 is 13.1. The van der Waals surface area contributed by atoms with E-state index in [2.05, 4.69) is 19.2 Å². The van der Waals surface area contributed by atoms with E-state index in [-0.39, 0.29) is 10.8 Å². The molecule has 1 aromatic rings. The third-order valence-electron chi connectivity index (χ3n) is 2.46. The first-order valence-corrected chi connectivity index (χ1v) is 6.15. The van der Waals surface area contributed by atoms with Crippen molar-refractivity contribution in [2.24, 2.45) is 0 Å². The van der Waals surface area contributed by atoms with Crippen molar-refractivity contribution in [3.8, 4) is 0 Å². The molecule has 1 nitrogen and oxygen atoms in total. The third kappa shape index (κ3) is 4.50. The average Bonchev–Trinajstić information content (AvgIpc) is 2.23. The highest BCUT2D eigenvalue weighted by molar-refractivity contribution is 6.31. The molecular weight excluding hydrogens is 225 g/mol. The SMILES string of the molecule is CC(C)NCCCCc1cccc(F)c1Cl. The summed E-state index contributed by atoms with van der Waals surface area (Å²) in [5.74, 6) is -0.320. The fraction of sp³-hybridized carbons (Fsp3) is 0.538. The second-order valence-electron chi connectivity index (χ2n) is 4.28. The first-order valence-electron chi connectivity index (χ1n) is 5.77. The molecule has 0 aromatic heterocycles. The van der Waals surface area contributed by atoms with E-state index >= 15 is 0 Å². The quantitative estimate of drug-likeness (QED) is 0.750. The number of aryl methyl sites for hydroxylation is 1. The standard InChI is InChI=1S/C13H19ClFN/c1-10(2)16-9-4-3-6-11-7-5-8-12(15)13(11)14/h5,7-8,10,16H,3-4,6,9H2,1-2H3. The first-order chi connectivity index (χ1) is 7.61. The molecule has 1 rings (SSSR count). The van der Waals surface area contributed by atoms with Gasteiger partial charge in [0.1, 0.15) is 5.82 Å². The molecule has 3 heteroatoms. The van der Waals surface area contributed by atoms with Crippen molar-refractivity contribution in [1.82, 2.24) is 5.32 Å². The van der Waals surface area contributed by atoms with E-state index in [1.54, 1.807) is 6.07 Å². The summed E-state index contributed by atoms with van der Waals surface area (Å²) >= 11 is 5.87. The number of unbranched alkanes of at least 4 members (excludes halogenated alkanes) is 1. The van der Waals surface area contributed by atoms with Gasteiger partial charge in [-0.3, -0.25) is 0 Å². The molecule has 0 fully saturated rings. The molecule has 0 unspecified atom stereocenters. The molecule has 90 valence electrons. The number of hydrogen-bond acceptors (Lipinski definition) is 1. The van der Waals surface area contributed by atoms with Crippen LogP contribution in [0.4, 0.5) is 4.39 Å². The maximum atomic E-state index is 13.1. The van der Waals surface area contributed by atoms with Crippen molar-refractivity contribution in [3.05, 3.63) is 34.6 Å². The summed E-state index contributed by atoms with van der Waals surface area (Å²) in [6, 6.07) is 5.52. The van der Waals surface area contributed by atoms with Gasteiger partial charge in [0.2, 0.25) is 0 Å². The van der Waals surface area contributed by atoms with E-state index in [1.807, 2.05) is 6.07 Å². The van der Waals surface area contributed by atoms with Gasteiger partial charge in [0, 0.05) is 6.04 Å². The second kappa shape index (κ2) is 6.87. The van der Waals surface area contributed by atoms with Gasteiger partial charge in [-0.15, -0.1) is 0 Å². The average molecular weight is 244 g/mol.